The van der Waals surface area contributed by atoms with Gasteiger partial charge in [-0.05, 0) is 105 Å². The molecule has 1 aromatic rings. The van der Waals surface area contributed by atoms with Gasteiger partial charge in [0.2, 0.25) is 0 Å². The Morgan fingerprint density at radius 1 is 0.643 bits per heavy atom. The molecule has 0 amide bonds. The summed E-state index contributed by atoms with van der Waals surface area (Å²) in [6, 6.07) is 11.2. The van der Waals surface area contributed by atoms with Crippen molar-refractivity contribution in [1.29, 1.82) is 0 Å². The van der Waals surface area contributed by atoms with E-state index in [4.69, 9.17) is 0 Å². The van der Waals surface area contributed by atoms with Crippen molar-refractivity contribution in [2.24, 2.45) is 35.5 Å². The third-order valence-electron chi connectivity index (χ3n) is 9.16. The van der Waals surface area contributed by atoms with Crippen molar-refractivity contribution in [1.82, 2.24) is 0 Å². The Balaban J connectivity index is 1.18. The van der Waals surface area contributed by atoms with Gasteiger partial charge in [-0.15, -0.1) is 0 Å². The first-order valence-corrected chi connectivity index (χ1v) is 12.7. The summed E-state index contributed by atoms with van der Waals surface area (Å²) in [6.07, 6.45) is 19.8. The Morgan fingerprint density at radius 2 is 1.07 bits per heavy atom. The molecule has 0 heterocycles. The Hall–Kier alpha value is -0.780. The van der Waals surface area contributed by atoms with Crippen LogP contribution in [-0.2, 0) is 0 Å². The fraction of sp³-hybridized carbons (Fsp3) is 0.786. The van der Waals surface area contributed by atoms with Crippen LogP contribution in [0.2, 0.25) is 0 Å². The predicted octanol–water partition coefficient (Wildman–Crippen LogP) is 8.62. The van der Waals surface area contributed by atoms with Crippen molar-refractivity contribution in [2.45, 2.75) is 103 Å². The average molecular weight is 381 g/mol. The molecule has 0 bridgehead atoms. The molecule has 3 fully saturated rings. The molecule has 3 saturated carbocycles. The molecule has 0 N–H and O–H groups in total. The van der Waals surface area contributed by atoms with Crippen LogP contribution in [0.25, 0.3) is 0 Å². The summed E-state index contributed by atoms with van der Waals surface area (Å²) in [4.78, 5) is 0. The van der Waals surface area contributed by atoms with Crippen molar-refractivity contribution < 1.29 is 0 Å². The van der Waals surface area contributed by atoms with Crippen LogP contribution < -0.4 is 0 Å². The van der Waals surface area contributed by atoms with Crippen LogP contribution in [-0.4, -0.2) is 0 Å². The summed E-state index contributed by atoms with van der Waals surface area (Å²) in [7, 11) is 0. The number of benzene rings is 1. The second-order valence-electron chi connectivity index (χ2n) is 11.0. The highest BCUT2D eigenvalue weighted by atomic mass is 14.4. The van der Waals surface area contributed by atoms with Crippen molar-refractivity contribution in [3.05, 3.63) is 35.9 Å². The van der Waals surface area contributed by atoms with Gasteiger partial charge in [0.15, 0.2) is 0 Å². The maximum absolute atomic E-state index is 2.46. The van der Waals surface area contributed by atoms with Gasteiger partial charge in [-0.1, -0.05) is 69.9 Å². The van der Waals surface area contributed by atoms with Crippen molar-refractivity contribution in [3.8, 4) is 0 Å². The quantitative estimate of drug-likeness (QED) is 0.479. The average Bonchev–Trinajstić information content (AvgIpc) is 2.76. The molecule has 0 aromatic heterocycles. The maximum Gasteiger partial charge on any atom is -0.0188 e. The molecule has 3 aliphatic rings. The summed E-state index contributed by atoms with van der Waals surface area (Å²) >= 11 is 0. The summed E-state index contributed by atoms with van der Waals surface area (Å²) < 4.78 is 0. The van der Waals surface area contributed by atoms with Gasteiger partial charge in [-0.2, -0.15) is 0 Å². The van der Waals surface area contributed by atoms with Gasteiger partial charge in [-0.25, -0.2) is 0 Å². The summed E-state index contributed by atoms with van der Waals surface area (Å²) in [6.45, 7) is 4.90. The fourth-order valence-electron chi connectivity index (χ4n) is 7.16. The number of hydrogen-bond acceptors (Lipinski definition) is 0. The molecule has 4 rings (SSSR count). The molecule has 1 atom stereocenters. The van der Waals surface area contributed by atoms with E-state index in [2.05, 4.69) is 44.2 Å². The van der Waals surface area contributed by atoms with E-state index in [0.29, 0.717) is 0 Å². The molecule has 0 spiro atoms. The van der Waals surface area contributed by atoms with Gasteiger partial charge >= 0.3 is 0 Å². The van der Waals surface area contributed by atoms with Crippen LogP contribution in [0.4, 0.5) is 0 Å². The number of hydrogen-bond donors (Lipinski definition) is 0. The summed E-state index contributed by atoms with van der Waals surface area (Å²) in [5, 5.41) is 0. The molecule has 3 aliphatic carbocycles. The standard InChI is InChI=1S/C28H44/c1-21-8-12-25(13-9-21)27-16-18-28(19-17-27)26-14-10-23(11-15-26)20-22(2)24-6-4-3-5-7-24/h3-7,21-23,25-28H,8-20H2,1-2H3. The molecule has 28 heavy (non-hydrogen) atoms. The second kappa shape index (κ2) is 9.82. The van der Waals surface area contributed by atoms with E-state index < -0.39 is 0 Å². The lowest BCUT2D eigenvalue weighted by atomic mass is 9.64. The zero-order valence-corrected chi connectivity index (χ0v) is 18.6. The Labute approximate surface area is 174 Å². The minimum absolute atomic E-state index is 0.733. The lowest BCUT2D eigenvalue weighted by Crippen LogP contribution is -2.29. The number of rotatable bonds is 5. The minimum atomic E-state index is 0.733. The Kier molecular flexibility index (Phi) is 7.18. The van der Waals surface area contributed by atoms with Gasteiger partial charge in [0, 0.05) is 0 Å². The third kappa shape index (κ3) is 5.22. The van der Waals surface area contributed by atoms with Gasteiger partial charge in [0.05, 0.1) is 0 Å². The van der Waals surface area contributed by atoms with Gasteiger partial charge in [0.1, 0.15) is 0 Å². The molecule has 0 aliphatic heterocycles. The fourth-order valence-corrected chi connectivity index (χ4v) is 7.16. The van der Waals surface area contributed by atoms with Crippen LogP contribution in [0.3, 0.4) is 0 Å². The topological polar surface area (TPSA) is 0 Å². The van der Waals surface area contributed by atoms with Gasteiger partial charge < -0.3 is 0 Å². The smallest absolute Gasteiger partial charge is 0.0188 e. The largest absolute Gasteiger partial charge is 0.0625 e. The van der Waals surface area contributed by atoms with Crippen LogP contribution in [0.1, 0.15) is 109 Å². The van der Waals surface area contributed by atoms with Crippen molar-refractivity contribution in [3.63, 3.8) is 0 Å². The first kappa shape index (κ1) is 20.5. The van der Waals surface area contributed by atoms with Gasteiger partial charge in [-0.3, -0.25) is 0 Å². The molecular weight excluding hydrogens is 336 g/mol. The molecule has 0 nitrogen and oxygen atoms in total. The summed E-state index contributed by atoms with van der Waals surface area (Å²) in [5.41, 5.74) is 1.54. The molecular formula is C28H44. The summed E-state index contributed by atoms with van der Waals surface area (Å²) in [5.74, 6) is 7.04. The Morgan fingerprint density at radius 3 is 1.57 bits per heavy atom. The highest BCUT2D eigenvalue weighted by Gasteiger charge is 2.34. The molecule has 0 saturated heterocycles. The van der Waals surface area contributed by atoms with Crippen molar-refractivity contribution in [2.75, 3.05) is 0 Å². The van der Waals surface area contributed by atoms with Crippen LogP contribution in [0.5, 0.6) is 0 Å². The first-order chi connectivity index (χ1) is 13.7. The normalized spacial score (nSPS) is 38.1. The molecule has 0 radical (unpaired) electrons. The lowest BCUT2D eigenvalue weighted by molar-refractivity contribution is 0.104. The van der Waals surface area contributed by atoms with E-state index in [1.807, 2.05) is 0 Å². The second-order valence-corrected chi connectivity index (χ2v) is 11.0. The van der Waals surface area contributed by atoms with E-state index in [9.17, 15) is 0 Å². The molecule has 0 heteroatoms. The third-order valence-corrected chi connectivity index (χ3v) is 9.16. The van der Waals surface area contributed by atoms with Gasteiger partial charge in [0.25, 0.3) is 0 Å². The predicted molar refractivity (Wildman–Crippen MR) is 121 cm³/mol. The van der Waals surface area contributed by atoms with Crippen molar-refractivity contribution >= 4 is 0 Å². The lowest BCUT2D eigenvalue weighted by Gasteiger charge is -2.41. The van der Waals surface area contributed by atoms with E-state index in [1.165, 1.54) is 44.9 Å². The highest BCUT2D eigenvalue weighted by Crippen LogP contribution is 2.46. The van der Waals surface area contributed by atoms with Crippen LogP contribution in [0, 0.1) is 35.5 Å². The highest BCUT2D eigenvalue weighted by molar-refractivity contribution is 5.18. The zero-order chi connectivity index (χ0) is 19.3. The molecule has 1 aromatic carbocycles. The minimum Gasteiger partial charge on any atom is -0.0625 e. The van der Waals surface area contributed by atoms with Crippen LogP contribution >= 0.6 is 0 Å². The van der Waals surface area contributed by atoms with Crippen LogP contribution in [0.15, 0.2) is 30.3 Å². The first-order valence-electron chi connectivity index (χ1n) is 12.7. The zero-order valence-electron chi connectivity index (χ0n) is 18.6. The SMILES string of the molecule is CC1CCC(C2CCC(C3CCC(CC(C)c4ccccc4)CC3)CC2)CC1. The Bertz CT molecular complexity index is 551. The van der Waals surface area contributed by atoms with E-state index in [1.54, 1.807) is 44.1 Å². The molecule has 1 unspecified atom stereocenters. The van der Waals surface area contributed by atoms with E-state index in [0.717, 1.165) is 41.4 Å². The van der Waals surface area contributed by atoms with E-state index in [-0.39, 0.29) is 0 Å². The van der Waals surface area contributed by atoms with E-state index >= 15 is 0 Å². The molecule has 156 valence electrons. The maximum atomic E-state index is 2.46. The monoisotopic (exact) mass is 380 g/mol.